The molecule has 0 aliphatic rings. The number of nitrogens with one attached hydrogen (secondary N) is 1. The van der Waals surface area contributed by atoms with Crippen LogP contribution in [0.3, 0.4) is 0 Å². The third-order valence-corrected chi connectivity index (χ3v) is 4.37. The molecule has 0 aliphatic heterocycles. The Morgan fingerprint density at radius 3 is 2.90 bits per heavy atom. The van der Waals surface area contributed by atoms with Gasteiger partial charge in [0.15, 0.2) is 0 Å². The molecule has 1 N–H and O–H groups in total. The van der Waals surface area contributed by atoms with E-state index in [0.29, 0.717) is 19.4 Å². The van der Waals surface area contributed by atoms with Crippen LogP contribution >= 0.6 is 27.3 Å². The maximum absolute atomic E-state index is 11.8. The maximum Gasteiger partial charge on any atom is 0.234 e. The van der Waals surface area contributed by atoms with Crippen LogP contribution in [0.25, 0.3) is 4.96 Å². The highest BCUT2D eigenvalue weighted by Crippen LogP contribution is 2.12. The van der Waals surface area contributed by atoms with Gasteiger partial charge in [-0.1, -0.05) is 39.4 Å². The fourth-order valence-electron chi connectivity index (χ4n) is 1.86. The Labute approximate surface area is 133 Å². The summed E-state index contributed by atoms with van der Waals surface area (Å²) < 4.78 is 2.65. The lowest BCUT2D eigenvalue weighted by Gasteiger charge is -2.04. The lowest BCUT2D eigenvalue weighted by atomic mass is 10.1. The quantitative estimate of drug-likeness (QED) is 0.748. The van der Waals surface area contributed by atoms with Gasteiger partial charge < -0.3 is 5.32 Å². The van der Waals surface area contributed by atoms with E-state index in [1.54, 1.807) is 10.8 Å². The Kier molecular flexibility index (Phi) is 4.26. The van der Waals surface area contributed by atoms with Crippen LogP contribution in [0.5, 0.6) is 0 Å². The van der Waals surface area contributed by atoms with E-state index in [2.05, 4.69) is 36.5 Å². The smallest absolute Gasteiger partial charge is 0.234 e. The molecule has 0 spiro atoms. The van der Waals surface area contributed by atoms with Crippen LogP contribution in [-0.2, 0) is 17.6 Å². The number of hydrogen-bond acceptors (Lipinski definition) is 5. The molecule has 0 saturated carbocycles. The fourth-order valence-corrected chi connectivity index (χ4v) is 2.94. The molecule has 108 valence electrons. The van der Waals surface area contributed by atoms with Crippen molar-refractivity contribution in [3.05, 3.63) is 45.6 Å². The van der Waals surface area contributed by atoms with Gasteiger partial charge in [-0.25, -0.2) is 0 Å². The summed E-state index contributed by atoms with van der Waals surface area (Å²) in [7, 11) is 0. The number of nitrogens with zero attached hydrogens (tertiary/aromatic N) is 4. The highest BCUT2D eigenvalue weighted by molar-refractivity contribution is 9.10. The van der Waals surface area contributed by atoms with Gasteiger partial charge in [-0.05, 0) is 17.7 Å². The molecule has 0 bridgehead atoms. The number of aromatic nitrogens is 4. The first-order valence-electron chi connectivity index (χ1n) is 6.37. The zero-order chi connectivity index (χ0) is 14.7. The summed E-state index contributed by atoms with van der Waals surface area (Å²) in [6.45, 7) is 0.569. The van der Waals surface area contributed by atoms with E-state index in [1.807, 2.05) is 24.3 Å². The monoisotopic (exact) mass is 365 g/mol. The SMILES string of the molecule is O=C(Cc1ccc(Br)cc1)NCCc1nn2cnnc2s1. The summed E-state index contributed by atoms with van der Waals surface area (Å²) in [5.74, 6) is 0.0142. The minimum absolute atomic E-state index is 0.0142. The van der Waals surface area contributed by atoms with Gasteiger partial charge in [-0.3, -0.25) is 4.79 Å². The second-order valence-electron chi connectivity index (χ2n) is 4.46. The van der Waals surface area contributed by atoms with Crippen molar-refractivity contribution in [3.8, 4) is 0 Å². The van der Waals surface area contributed by atoms with E-state index in [1.165, 1.54) is 11.3 Å². The first-order valence-corrected chi connectivity index (χ1v) is 7.98. The van der Waals surface area contributed by atoms with Crippen LogP contribution in [0.2, 0.25) is 0 Å². The predicted molar refractivity (Wildman–Crippen MR) is 83.2 cm³/mol. The predicted octanol–water partition coefficient (Wildman–Crippen LogP) is 1.85. The summed E-state index contributed by atoms with van der Waals surface area (Å²) in [6, 6.07) is 7.74. The lowest BCUT2D eigenvalue weighted by Crippen LogP contribution is -2.27. The molecule has 8 heteroatoms. The first kappa shape index (κ1) is 14.2. The highest BCUT2D eigenvalue weighted by Gasteiger charge is 2.07. The van der Waals surface area contributed by atoms with Crippen molar-refractivity contribution in [3.63, 3.8) is 0 Å². The largest absolute Gasteiger partial charge is 0.355 e. The third kappa shape index (κ3) is 3.64. The number of rotatable bonds is 5. The number of carbonyl (C=O) groups is 1. The van der Waals surface area contributed by atoms with Crippen molar-refractivity contribution in [1.82, 2.24) is 25.1 Å². The zero-order valence-electron chi connectivity index (χ0n) is 11.0. The normalized spacial score (nSPS) is 10.9. The zero-order valence-corrected chi connectivity index (χ0v) is 13.4. The average Bonchev–Trinajstić information content (AvgIpc) is 3.02. The number of fused-ring (bicyclic) bond motifs is 1. The molecule has 1 aromatic carbocycles. The Hall–Kier alpha value is -1.80. The molecule has 0 saturated heterocycles. The van der Waals surface area contributed by atoms with Gasteiger partial charge in [0, 0.05) is 17.4 Å². The lowest BCUT2D eigenvalue weighted by molar-refractivity contribution is -0.120. The highest BCUT2D eigenvalue weighted by atomic mass is 79.9. The summed E-state index contributed by atoms with van der Waals surface area (Å²) in [4.78, 5) is 12.6. The molecule has 1 amide bonds. The second kappa shape index (κ2) is 6.31. The van der Waals surface area contributed by atoms with Crippen LogP contribution in [0, 0.1) is 0 Å². The van der Waals surface area contributed by atoms with E-state index in [-0.39, 0.29) is 5.91 Å². The van der Waals surface area contributed by atoms with E-state index >= 15 is 0 Å². The number of hydrogen-bond donors (Lipinski definition) is 1. The summed E-state index contributed by atoms with van der Waals surface area (Å²) in [5.41, 5.74) is 0.995. The van der Waals surface area contributed by atoms with Crippen LogP contribution in [0.4, 0.5) is 0 Å². The van der Waals surface area contributed by atoms with Gasteiger partial charge in [0.25, 0.3) is 0 Å². The molecule has 0 radical (unpaired) electrons. The molecule has 2 aromatic heterocycles. The standard InChI is InChI=1S/C13H12BrN5OS/c14-10-3-1-9(2-4-10)7-11(20)15-6-5-12-18-19-8-16-17-13(19)21-12/h1-4,8H,5-7H2,(H,15,20). The third-order valence-electron chi connectivity index (χ3n) is 2.87. The minimum atomic E-state index is 0.0142. The van der Waals surface area contributed by atoms with Gasteiger partial charge in [0.05, 0.1) is 6.42 Å². The Morgan fingerprint density at radius 2 is 2.14 bits per heavy atom. The molecule has 3 aromatic rings. The number of benzene rings is 1. The molecular weight excluding hydrogens is 354 g/mol. The maximum atomic E-state index is 11.8. The van der Waals surface area contributed by atoms with Crippen LogP contribution < -0.4 is 5.32 Å². The van der Waals surface area contributed by atoms with E-state index in [9.17, 15) is 4.79 Å². The molecule has 6 nitrogen and oxygen atoms in total. The van der Waals surface area contributed by atoms with Gasteiger partial charge in [-0.15, -0.1) is 10.2 Å². The van der Waals surface area contributed by atoms with E-state index in [4.69, 9.17) is 0 Å². The van der Waals surface area contributed by atoms with Crippen molar-refractivity contribution in [2.45, 2.75) is 12.8 Å². The van der Waals surface area contributed by atoms with Crippen molar-refractivity contribution >= 4 is 38.1 Å². The molecule has 0 aliphatic carbocycles. The van der Waals surface area contributed by atoms with Crippen molar-refractivity contribution in [2.24, 2.45) is 0 Å². The second-order valence-corrected chi connectivity index (χ2v) is 6.41. The van der Waals surface area contributed by atoms with Crippen LogP contribution in [-0.4, -0.2) is 32.3 Å². The molecule has 0 fully saturated rings. The molecule has 21 heavy (non-hydrogen) atoms. The molecule has 0 atom stereocenters. The molecular formula is C13H12BrN5OS. The van der Waals surface area contributed by atoms with Gasteiger partial charge in [-0.2, -0.15) is 9.61 Å². The van der Waals surface area contributed by atoms with Gasteiger partial charge >= 0.3 is 0 Å². The molecule has 2 heterocycles. The topological polar surface area (TPSA) is 72.2 Å². The van der Waals surface area contributed by atoms with Gasteiger partial charge in [0.1, 0.15) is 11.3 Å². The van der Waals surface area contributed by atoms with Gasteiger partial charge in [0.2, 0.25) is 10.9 Å². The first-order chi connectivity index (χ1) is 10.2. The van der Waals surface area contributed by atoms with Crippen molar-refractivity contribution in [2.75, 3.05) is 6.54 Å². The van der Waals surface area contributed by atoms with Crippen LogP contribution in [0.1, 0.15) is 10.6 Å². The Morgan fingerprint density at radius 1 is 1.33 bits per heavy atom. The number of amides is 1. The van der Waals surface area contributed by atoms with E-state index in [0.717, 1.165) is 20.0 Å². The van der Waals surface area contributed by atoms with Crippen LogP contribution in [0.15, 0.2) is 35.1 Å². The number of carbonyl (C=O) groups excluding carboxylic acids is 1. The molecule has 3 rings (SSSR count). The Balaban J connectivity index is 1.47. The Bertz CT molecular complexity index is 723. The molecule has 0 unspecified atom stereocenters. The fraction of sp³-hybridized carbons (Fsp3) is 0.231. The summed E-state index contributed by atoms with van der Waals surface area (Å²) in [5, 5.41) is 15.8. The van der Waals surface area contributed by atoms with E-state index < -0.39 is 0 Å². The van der Waals surface area contributed by atoms with Crippen molar-refractivity contribution in [1.29, 1.82) is 0 Å². The number of halogens is 1. The summed E-state index contributed by atoms with van der Waals surface area (Å²) in [6.07, 6.45) is 2.65. The minimum Gasteiger partial charge on any atom is -0.355 e. The average molecular weight is 366 g/mol. The summed E-state index contributed by atoms with van der Waals surface area (Å²) >= 11 is 4.86. The van der Waals surface area contributed by atoms with Crippen molar-refractivity contribution < 1.29 is 4.79 Å².